The predicted molar refractivity (Wildman–Crippen MR) is 159 cm³/mol. The molecule has 5 rings (SSSR count). The fourth-order valence-corrected chi connectivity index (χ4v) is 7.85. The summed E-state index contributed by atoms with van der Waals surface area (Å²) >= 11 is 0. The zero-order chi connectivity index (χ0) is 27.9. The second-order valence-corrected chi connectivity index (χ2v) is 12.7. The summed E-state index contributed by atoms with van der Waals surface area (Å²) in [6.45, 7) is 4.60. The molecule has 3 fully saturated rings. The number of ether oxygens (including phenoxy) is 2. The normalized spacial score (nSPS) is 28.8. The van der Waals surface area contributed by atoms with Gasteiger partial charge in [0.1, 0.15) is 0 Å². The van der Waals surface area contributed by atoms with Gasteiger partial charge in [-0.05, 0) is 143 Å². The Morgan fingerprint density at radius 3 is 1.95 bits per heavy atom. The molecular formula is C36H48F2O2. The summed E-state index contributed by atoms with van der Waals surface area (Å²) in [6.07, 6.45) is 20.0. The fraction of sp³-hybridized carbons (Fsp3) is 0.611. The summed E-state index contributed by atoms with van der Waals surface area (Å²) in [5.74, 6) is 2.52. The molecular weight excluding hydrogens is 502 g/mol. The molecule has 4 unspecified atom stereocenters. The molecule has 0 radical (unpaired) electrons. The first kappa shape index (κ1) is 29.1. The molecule has 0 bridgehead atoms. The molecule has 2 aromatic carbocycles. The zero-order valence-electron chi connectivity index (χ0n) is 24.6. The van der Waals surface area contributed by atoms with Crippen LogP contribution in [0.3, 0.4) is 0 Å². The maximum absolute atomic E-state index is 14.4. The van der Waals surface area contributed by atoms with Crippen LogP contribution in [0.1, 0.15) is 114 Å². The molecule has 0 aromatic heterocycles. The zero-order valence-corrected chi connectivity index (χ0v) is 24.6. The monoisotopic (exact) mass is 550 g/mol. The molecule has 2 nitrogen and oxygen atoms in total. The van der Waals surface area contributed by atoms with Crippen molar-refractivity contribution in [3.05, 3.63) is 71.3 Å². The highest BCUT2D eigenvalue weighted by Gasteiger charge is 2.35. The molecule has 218 valence electrons. The molecule has 0 spiro atoms. The summed E-state index contributed by atoms with van der Waals surface area (Å²) in [7, 11) is 0. The van der Waals surface area contributed by atoms with E-state index in [0.717, 1.165) is 49.4 Å². The van der Waals surface area contributed by atoms with Crippen LogP contribution in [0.15, 0.2) is 48.6 Å². The van der Waals surface area contributed by atoms with Crippen molar-refractivity contribution >= 4 is 0 Å². The van der Waals surface area contributed by atoms with Gasteiger partial charge in [0.15, 0.2) is 11.5 Å². The van der Waals surface area contributed by atoms with Crippen LogP contribution in [0.4, 0.5) is 8.78 Å². The van der Waals surface area contributed by atoms with E-state index in [1.807, 2.05) is 0 Å². The quantitative estimate of drug-likeness (QED) is 0.274. The van der Waals surface area contributed by atoms with Crippen LogP contribution in [-0.4, -0.2) is 13.2 Å². The van der Waals surface area contributed by atoms with E-state index in [1.165, 1.54) is 69.1 Å². The van der Waals surface area contributed by atoms with E-state index < -0.39 is 11.6 Å². The summed E-state index contributed by atoms with van der Waals surface area (Å²) in [4.78, 5) is 0. The predicted octanol–water partition coefficient (Wildman–Crippen LogP) is 10.4. The number of fused-ring (bicyclic) bond motifs is 1. The molecule has 0 heterocycles. The van der Waals surface area contributed by atoms with Gasteiger partial charge >= 0.3 is 0 Å². The van der Waals surface area contributed by atoms with Crippen molar-refractivity contribution in [2.45, 2.75) is 103 Å². The summed E-state index contributed by atoms with van der Waals surface area (Å²) in [6, 6.07) is 12.5. The lowest BCUT2D eigenvalue weighted by Gasteiger charge is -2.42. The van der Waals surface area contributed by atoms with E-state index in [4.69, 9.17) is 9.47 Å². The standard InChI is InChI=1S/C36H48F2O2/c1-3-5-6-7-25-8-13-32-23-31(19-18-30(32)22-25)29-16-14-28(15-17-29)27-11-9-26(10-12-27)24-40-34-21-20-33(39-4-2)35(37)36(34)38/h3,5,14-17,20-21,25-27,30-32H,4,6-13,18-19,22-24H2,1-2H3. The highest BCUT2D eigenvalue weighted by Crippen LogP contribution is 2.48. The first-order valence-corrected chi connectivity index (χ1v) is 16.0. The van der Waals surface area contributed by atoms with Gasteiger partial charge in [-0.3, -0.25) is 0 Å². The lowest BCUT2D eigenvalue weighted by Crippen LogP contribution is -2.30. The van der Waals surface area contributed by atoms with Gasteiger partial charge in [0.25, 0.3) is 0 Å². The molecule has 3 saturated carbocycles. The second-order valence-electron chi connectivity index (χ2n) is 12.7. The molecule has 0 saturated heterocycles. The molecule has 3 aliphatic rings. The number of benzene rings is 2. The maximum atomic E-state index is 14.4. The largest absolute Gasteiger partial charge is 0.491 e. The van der Waals surface area contributed by atoms with Crippen molar-refractivity contribution in [2.75, 3.05) is 13.2 Å². The second kappa shape index (κ2) is 14.0. The number of halogens is 2. The fourth-order valence-electron chi connectivity index (χ4n) is 7.85. The molecule has 0 N–H and O–H groups in total. The van der Waals surface area contributed by atoms with E-state index in [2.05, 4.69) is 43.3 Å². The Morgan fingerprint density at radius 2 is 1.27 bits per heavy atom. The highest BCUT2D eigenvalue weighted by atomic mass is 19.2. The topological polar surface area (TPSA) is 18.5 Å². The van der Waals surface area contributed by atoms with Gasteiger partial charge in [0.2, 0.25) is 11.6 Å². The minimum absolute atomic E-state index is 0.0230. The first-order chi connectivity index (χ1) is 19.6. The van der Waals surface area contributed by atoms with Crippen molar-refractivity contribution in [1.82, 2.24) is 0 Å². The van der Waals surface area contributed by atoms with Crippen molar-refractivity contribution in [2.24, 2.45) is 23.7 Å². The third-order valence-corrected chi connectivity index (χ3v) is 10.2. The maximum Gasteiger partial charge on any atom is 0.204 e. The number of hydrogen-bond donors (Lipinski definition) is 0. The van der Waals surface area contributed by atoms with Crippen LogP contribution in [0.5, 0.6) is 11.5 Å². The van der Waals surface area contributed by atoms with Gasteiger partial charge in [-0.1, -0.05) is 42.8 Å². The molecule has 3 aliphatic carbocycles. The smallest absolute Gasteiger partial charge is 0.204 e. The van der Waals surface area contributed by atoms with Gasteiger partial charge in [0.05, 0.1) is 13.2 Å². The van der Waals surface area contributed by atoms with Crippen molar-refractivity contribution in [1.29, 1.82) is 0 Å². The Kier molecular flexibility index (Phi) is 10.2. The van der Waals surface area contributed by atoms with Gasteiger partial charge in [0, 0.05) is 0 Å². The van der Waals surface area contributed by atoms with E-state index >= 15 is 0 Å². The number of hydrogen-bond acceptors (Lipinski definition) is 2. The van der Waals surface area contributed by atoms with Crippen molar-refractivity contribution in [3.8, 4) is 11.5 Å². The SMILES string of the molecule is CC=CCCC1CCC2CC(c3ccc(C4CCC(COc5ccc(OCC)c(F)c5F)CC4)cc3)CCC2C1. The van der Waals surface area contributed by atoms with Crippen LogP contribution in [0, 0.1) is 35.3 Å². The molecule has 2 aromatic rings. The first-order valence-electron chi connectivity index (χ1n) is 16.0. The van der Waals surface area contributed by atoms with E-state index in [0.29, 0.717) is 25.0 Å². The Bertz CT molecular complexity index is 1100. The van der Waals surface area contributed by atoms with Crippen molar-refractivity contribution in [3.63, 3.8) is 0 Å². The third kappa shape index (κ3) is 7.09. The minimum Gasteiger partial charge on any atom is -0.491 e. The lowest BCUT2D eigenvalue weighted by molar-refractivity contribution is 0.115. The third-order valence-electron chi connectivity index (χ3n) is 10.2. The molecule has 40 heavy (non-hydrogen) atoms. The molecule has 0 amide bonds. The van der Waals surface area contributed by atoms with Crippen molar-refractivity contribution < 1.29 is 18.3 Å². The Balaban J connectivity index is 1.07. The van der Waals surface area contributed by atoms with Gasteiger partial charge in [-0.2, -0.15) is 8.78 Å². The Labute approximate surface area is 240 Å². The summed E-state index contributed by atoms with van der Waals surface area (Å²) < 4.78 is 39.3. The van der Waals surface area contributed by atoms with E-state index in [9.17, 15) is 8.78 Å². The van der Waals surface area contributed by atoms with Crippen LogP contribution in [0.2, 0.25) is 0 Å². The summed E-state index contributed by atoms with van der Waals surface area (Å²) in [5.41, 5.74) is 3.00. The Morgan fingerprint density at radius 1 is 0.700 bits per heavy atom. The van der Waals surface area contributed by atoms with Gasteiger partial charge in [-0.25, -0.2) is 0 Å². The molecule has 4 atom stereocenters. The van der Waals surface area contributed by atoms with Crippen LogP contribution in [-0.2, 0) is 0 Å². The van der Waals surface area contributed by atoms with Gasteiger partial charge < -0.3 is 9.47 Å². The average molecular weight is 551 g/mol. The number of allylic oxidation sites excluding steroid dienone is 2. The van der Waals surface area contributed by atoms with Crippen LogP contribution < -0.4 is 9.47 Å². The molecule has 4 heteroatoms. The van der Waals surface area contributed by atoms with Crippen LogP contribution >= 0.6 is 0 Å². The van der Waals surface area contributed by atoms with E-state index in [1.54, 1.807) is 12.5 Å². The average Bonchev–Trinajstić information content (AvgIpc) is 2.99. The van der Waals surface area contributed by atoms with E-state index in [-0.39, 0.29) is 11.5 Å². The molecule has 0 aliphatic heterocycles. The van der Waals surface area contributed by atoms with Crippen LogP contribution in [0.25, 0.3) is 0 Å². The minimum atomic E-state index is -0.970. The lowest BCUT2D eigenvalue weighted by atomic mass is 9.63. The number of rotatable bonds is 10. The highest BCUT2D eigenvalue weighted by molar-refractivity contribution is 5.35. The summed E-state index contributed by atoms with van der Waals surface area (Å²) in [5, 5.41) is 0. The van der Waals surface area contributed by atoms with Gasteiger partial charge in [-0.15, -0.1) is 0 Å². The Hall–Kier alpha value is -2.36.